The highest BCUT2D eigenvalue weighted by molar-refractivity contribution is 5.86. The van der Waals surface area contributed by atoms with Crippen LogP contribution in [-0.2, 0) is 11.3 Å². The zero-order valence-corrected chi connectivity index (χ0v) is 7.43. The van der Waals surface area contributed by atoms with Gasteiger partial charge >= 0.3 is 5.97 Å². The monoisotopic (exact) mass is 181 g/mol. The van der Waals surface area contributed by atoms with Gasteiger partial charge in [-0.05, 0) is 6.92 Å². The molecule has 0 N–H and O–H groups in total. The normalized spacial score (nSPS) is 9.62. The first-order chi connectivity index (χ1) is 6.27. The Labute approximate surface area is 76.0 Å². The fourth-order valence-electron chi connectivity index (χ4n) is 0.818. The van der Waals surface area contributed by atoms with E-state index in [-0.39, 0.29) is 5.69 Å². The van der Waals surface area contributed by atoms with Gasteiger partial charge in [-0.3, -0.25) is 0 Å². The number of aromatic nitrogens is 3. The van der Waals surface area contributed by atoms with Crippen LogP contribution in [-0.4, -0.2) is 27.6 Å². The van der Waals surface area contributed by atoms with Crippen LogP contribution in [0.25, 0.3) is 0 Å². The van der Waals surface area contributed by atoms with Crippen molar-refractivity contribution in [1.29, 1.82) is 0 Å². The van der Waals surface area contributed by atoms with E-state index in [0.29, 0.717) is 13.2 Å². The second-order valence-corrected chi connectivity index (χ2v) is 2.33. The highest BCUT2D eigenvalue weighted by Gasteiger charge is 2.10. The van der Waals surface area contributed by atoms with Gasteiger partial charge in [-0.25, -0.2) is 9.48 Å². The predicted octanol–water partition coefficient (Wildman–Crippen LogP) is 0.641. The Bertz CT molecular complexity index is 306. The summed E-state index contributed by atoms with van der Waals surface area (Å²) in [5.41, 5.74) is 0.226. The van der Waals surface area contributed by atoms with Crippen molar-refractivity contribution < 1.29 is 9.53 Å². The quantitative estimate of drug-likeness (QED) is 0.505. The average Bonchev–Trinajstić information content (AvgIpc) is 2.54. The number of carbonyl (C=O) groups is 1. The second-order valence-electron chi connectivity index (χ2n) is 2.33. The largest absolute Gasteiger partial charge is 0.461 e. The van der Waals surface area contributed by atoms with Crippen molar-refractivity contribution in [1.82, 2.24) is 15.0 Å². The fraction of sp³-hybridized carbons (Fsp3) is 0.375. The van der Waals surface area contributed by atoms with Crippen molar-refractivity contribution in [3.05, 3.63) is 24.5 Å². The Morgan fingerprint density at radius 2 is 2.62 bits per heavy atom. The minimum Gasteiger partial charge on any atom is -0.461 e. The molecule has 0 unspecified atom stereocenters. The number of carbonyl (C=O) groups excluding carboxylic acids is 1. The molecule has 13 heavy (non-hydrogen) atoms. The van der Waals surface area contributed by atoms with Gasteiger partial charge in [-0.1, -0.05) is 11.3 Å². The molecule has 1 rings (SSSR count). The molecule has 0 fully saturated rings. The van der Waals surface area contributed by atoms with E-state index >= 15 is 0 Å². The molecule has 0 amide bonds. The minimum atomic E-state index is -0.446. The number of nitrogens with zero attached hydrogens (tertiary/aromatic N) is 3. The summed E-state index contributed by atoms with van der Waals surface area (Å²) in [6, 6.07) is 0. The molecule has 0 saturated heterocycles. The first-order valence-corrected chi connectivity index (χ1v) is 3.96. The summed E-state index contributed by atoms with van der Waals surface area (Å²) in [4.78, 5) is 11.1. The van der Waals surface area contributed by atoms with Gasteiger partial charge in [0.1, 0.15) is 0 Å². The van der Waals surface area contributed by atoms with E-state index < -0.39 is 5.97 Å². The maximum Gasteiger partial charge on any atom is 0.360 e. The van der Waals surface area contributed by atoms with Gasteiger partial charge < -0.3 is 4.74 Å². The molecule has 1 aromatic heterocycles. The summed E-state index contributed by atoms with van der Waals surface area (Å²) in [6.07, 6.45) is 3.20. The minimum absolute atomic E-state index is 0.226. The van der Waals surface area contributed by atoms with Crippen molar-refractivity contribution >= 4 is 5.97 Å². The molecule has 1 heterocycles. The van der Waals surface area contributed by atoms with Crippen LogP contribution >= 0.6 is 0 Å². The van der Waals surface area contributed by atoms with Gasteiger partial charge in [-0.15, -0.1) is 11.7 Å². The SMILES string of the molecule is C=CCn1cc(C(=O)OCC)nn1. The van der Waals surface area contributed by atoms with Crippen molar-refractivity contribution in [2.24, 2.45) is 0 Å². The standard InChI is InChI=1S/C8H11N3O2/c1-3-5-11-6-7(9-10-11)8(12)13-4-2/h3,6H,1,4-5H2,2H3. The number of hydrogen-bond acceptors (Lipinski definition) is 4. The number of rotatable bonds is 4. The van der Waals surface area contributed by atoms with E-state index in [0.717, 1.165) is 0 Å². The smallest absolute Gasteiger partial charge is 0.360 e. The highest BCUT2D eigenvalue weighted by Crippen LogP contribution is 1.96. The van der Waals surface area contributed by atoms with Crippen LogP contribution in [0.15, 0.2) is 18.9 Å². The number of esters is 1. The Morgan fingerprint density at radius 1 is 1.85 bits per heavy atom. The maximum atomic E-state index is 11.1. The third-order valence-corrected chi connectivity index (χ3v) is 1.34. The molecule has 0 aliphatic heterocycles. The van der Waals surface area contributed by atoms with Gasteiger partial charge in [0.05, 0.1) is 19.3 Å². The van der Waals surface area contributed by atoms with Crippen LogP contribution in [0.3, 0.4) is 0 Å². The summed E-state index contributed by atoms with van der Waals surface area (Å²) in [7, 11) is 0. The first-order valence-electron chi connectivity index (χ1n) is 3.96. The lowest BCUT2D eigenvalue weighted by molar-refractivity contribution is 0.0519. The van der Waals surface area contributed by atoms with Crippen molar-refractivity contribution in [3.8, 4) is 0 Å². The molecule has 5 heteroatoms. The Kier molecular flexibility index (Phi) is 3.19. The molecule has 0 aliphatic rings. The third-order valence-electron chi connectivity index (χ3n) is 1.34. The lowest BCUT2D eigenvalue weighted by Gasteiger charge is -1.94. The van der Waals surface area contributed by atoms with Gasteiger partial charge in [0.15, 0.2) is 5.69 Å². The van der Waals surface area contributed by atoms with Crippen LogP contribution in [0.5, 0.6) is 0 Å². The highest BCUT2D eigenvalue weighted by atomic mass is 16.5. The van der Waals surface area contributed by atoms with Crippen LogP contribution in [0.2, 0.25) is 0 Å². The Morgan fingerprint density at radius 3 is 3.23 bits per heavy atom. The van der Waals surface area contributed by atoms with Crippen LogP contribution in [0.1, 0.15) is 17.4 Å². The topological polar surface area (TPSA) is 57.0 Å². The average molecular weight is 181 g/mol. The van der Waals surface area contributed by atoms with E-state index in [9.17, 15) is 4.79 Å². The summed E-state index contributed by atoms with van der Waals surface area (Å²) >= 11 is 0. The summed E-state index contributed by atoms with van der Waals surface area (Å²) in [5.74, 6) is -0.446. The number of allylic oxidation sites excluding steroid dienone is 1. The van der Waals surface area contributed by atoms with Gasteiger partial charge in [0, 0.05) is 0 Å². The predicted molar refractivity (Wildman–Crippen MR) is 46.2 cm³/mol. The molecule has 70 valence electrons. The molecule has 0 aliphatic carbocycles. The van der Waals surface area contributed by atoms with E-state index in [1.807, 2.05) is 0 Å². The summed E-state index contributed by atoms with van der Waals surface area (Å²) in [5, 5.41) is 7.35. The lowest BCUT2D eigenvalue weighted by Crippen LogP contribution is -2.04. The van der Waals surface area contributed by atoms with Gasteiger partial charge in [-0.2, -0.15) is 0 Å². The zero-order chi connectivity index (χ0) is 9.68. The molecule has 0 aromatic carbocycles. The van der Waals surface area contributed by atoms with Crippen molar-refractivity contribution in [2.45, 2.75) is 13.5 Å². The fourth-order valence-corrected chi connectivity index (χ4v) is 0.818. The van der Waals surface area contributed by atoms with E-state index in [1.54, 1.807) is 13.0 Å². The molecule has 5 nitrogen and oxygen atoms in total. The lowest BCUT2D eigenvalue weighted by atomic mass is 10.5. The van der Waals surface area contributed by atoms with Crippen molar-refractivity contribution in [3.63, 3.8) is 0 Å². The first kappa shape index (κ1) is 9.44. The third kappa shape index (κ3) is 2.40. The molecule has 0 saturated carbocycles. The number of ether oxygens (including phenoxy) is 1. The van der Waals surface area contributed by atoms with Gasteiger partial charge in [0.2, 0.25) is 0 Å². The van der Waals surface area contributed by atoms with Gasteiger partial charge in [0.25, 0.3) is 0 Å². The zero-order valence-electron chi connectivity index (χ0n) is 7.43. The maximum absolute atomic E-state index is 11.1. The molecular formula is C8H11N3O2. The molecule has 0 bridgehead atoms. The Hall–Kier alpha value is -1.65. The second kappa shape index (κ2) is 4.39. The molecule has 0 spiro atoms. The molecule has 0 radical (unpaired) electrons. The van der Waals surface area contributed by atoms with Crippen LogP contribution in [0.4, 0.5) is 0 Å². The molecule has 1 aromatic rings. The van der Waals surface area contributed by atoms with E-state index in [4.69, 9.17) is 4.74 Å². The summed E-state index contributed by atoms with van der Waals surface area (Å²) < 4.78 is 6.25. The van der Waals surface area contributed by atoms with Crippen molar-refractivity contribution in [2.75, 3.05) is 6.61 Å². The van der Waals surface area contributed by atoms with E-state index in [1.165, 1.54) is 10.9 Å². The summed E-state index contributed by atoms with van der Waals surface area (Å²) in [6.45, 7) is 6.16. The van der Waals surface area contributed by atoms with E-state index in [2.05, 4.69) is 16.9 Å². The number of hydrogen-bond donors (Lipinski definition) is 0. The molecular weight excluding hydrogens is 170 g/mol. The molecule has 0 atom stereocenters. The van der Waals surface area contributed by atoms with Crippen LogP contribution < -0.4 is 0 Å². The van der Waals surface area contributed by atoms with Crippen LogP contribution in [0, 0.1) is 0 Å². The Balaban J connectivity index is 2.67.